The Morgan fingerprint density at radius 1 is 1.27 bits per heavy atom. The van der Waals surface area contributed by atoms with Crippen LogP contribution in [-0.4, -0.2) is 6.54 Å². The maximum absolute atomic E-state index is 3.45. The monoisotopic (exact) mass is 203 g/mol. The van der Waals surface area contributed by atoms with Gasteiger partial charge >= 0.3 is 0 Å². The number of hydrogen-bond donors (Lipinski definition) is 1. The van der Waals surface area contributed by atoms with Gasteiger partial charge in [0, 0.05) is 6.54 Å². The van der Waals surface area contributed by atoms with Crippen LogP contribution in [0.5, 0.6) is 0 Å². The second-order valence-electron chi connectivity index (χ2n) is 3.96. The van der Waals surface area contributed by atoms with E-state index in [-0.39, 0.29) is 0 Å². The molecule has 0 aliphatic carbocycles. The number of nitrogens with one attached hydrogen (secondary N) is 1. The van der Waals surface area contributed by atoms with E-state index in [1.54, 1.807) is 0 Å². The van der Waals surface area contributed by atoms with E-state index < -0.39 is 0 Å². The van der Waals surface area contributed by atoms with Gasteiger partial charge < -0.3 is 5.32 Å². The molecule has 1 rings (SSSR count). The molecule has 1 aromatic rings. The molecule has 0 saturated carbocycles. The van der Waals surface area contributed by atoms with Gasteiger partial charge in [0.2, 0.25) is 0 Å². The highest BCUT2D eigenvalue weighted by atomic mass is 14.8. The lowest BCUT2D eigenvalue weighted by atomic mass is 10.1. The maximum Gasteiger partial charge on any atom is 0.0208 e. The third-order valence-electron chi connectivity index (χ3n) is 2.54. The fourth-order valence-corrected chi connectivity index (χ4v) is 1.57. The summed E-state index contributed by atoms with van der Waals surface area (Å²) in [5.74, 6) is 0. The third kappa shape index (κ3) is 4.30. The quantitative estimate of drug-likeness (QED) is 0.571. The Bertz CT molecular complexity index is 326. The van der Waals surface area contributed by atoms with Crippen molar-refractivity contribution in [3.05, 3.63) is 47.0 Å². The Balaban J connectivity index is 2.40. The standard InChI is InChI=1S/C14H21N/c1-4-5-6-9-15-11-14-10-12(2)7-8-13(14)3/h4-5,7-8,10,15H,6,9,11H2,1-3H3/b5-4+. The van der Waals surface area contributed by atoms with E-state index in [4.69, 9.17) is 0 Å². The highest BCUT2D eigenvalue weighted by molar-refractivity contribution is 5.30. The van der Waals surface area contributed by atoms with Crippen molar-refractivity contribution in [2.45, 2.75) is 33.7 Å². The first-order valence-electron chi connectivity index (χ1n) is 5.62. The van der Waals surface area contributed by atoms with E-state index in [9.17, 15) is 0 Å². The average molecular weight is 203 g/mol. The fourth-order valence-electron chi connectivity index (χ4n) is 1.57. The first kappa shape index (κ1) is 12.0. The molecular weight excluding hydrogens is 182 g/mol. The van der Waals surface area contributed by atoms with Crippen LogP contribution in [0.1, 0.15) is 30.0 Å². The van der Waals surface area contributed by atoms with E-state index in [2.05, 4.69) is 56.4 Å². The minimum Gasteiger partial charge on any atom is -0.312 e. The lowest BCUT2D eigenvalue weighted by Gasteiger charge is -2.07. The molecule has 0 spiro atoms. The molecule has 0 bridgehead atoms. The van der Waals surface area contributed by atoms with Crippen LogP contribution in [0.2, 0.25) is 0 Å². The van der Waals surface area contributed by atoms with Crippen molar-refractivity contribution in [2.75, 3.05) is 6.54 Å². The van der Waals surface area contributed by atoms with Crippen LogP contribution in [-0.2, 0) is 6.54 Å². The number of hydrogen-bond acceptors (Lipinski definition) is 1. The molecule has 0 fully saturated rings. The molecule has 1 aromatic carbocycles. The van der Waals surface area contributed by atoms with Crippen LogP contribution in [0, 0.1) is 13.8 Å². The molecule has 0 aliphatic rings. The summed E-state index contributed by atoms with van der Waals surface area (Å²) >= 11 is 0. The highest BCUT2D eigenvalue weighted by Gasteiger charge is 1.97. The van der Waals surface area contributed by atoms with E-state index in [1.165, 1.54) is 16.7 Å². The number of benzene rings is 1. The van der Waals surface area contributed by atoms with Crippen molar-refractivity contribution < 1.29 is 0 Å². The predicted octanol–water partition coefficient (Wildman–Crippen LogP) is 3.36. The van der Waals surface area contributed by atoms with Crippen molar-refractivity contribution in [3.8, 4) is 0 Å². The highest BCUT2D eigenvalue weighted by Crippen LogP contribution is 2.09. The maximum atomic E-state index is 3.45. The Hall–Kier alpha value is -1.08. The number of aryl methyl sites for hydroxylation is 2. The largest absolute Gasteiger partial charge is 0.312 e. The average Bonchev–Trinajstić information content (AvgIpc) is 2.23. The second-order valence-corrected chi connectivity index (χ2v) is 3.96. The molecular formula is C14H21N. The van der Waals surface area contributed by atoms with E-state index in [1.807, 2.05) is 0 Å². The van der Waals surface area contributed by atoms with Crippen molar-refractivity contribution in [2.24, 2.45) is 0 Å². The van der Waals surface area contributed by atoms with Crippen LogP contribution in [0.4, 0.5) is 0 Å². The second kappa shape index (κ2) is 6.41. The molecule has 0 unspecified atom stereocenters. The van der Waals surface area contributed by atoms with E-state index in [0.717, 1.165) is 19.5 Å². The lowest BCUT2D eigenvalue weighted by molar-refractivity contribution is 0.692. The molecule has 82 valence electrons. The van der Waals surface area contributed by atoms with Gasteiger partial charge in [0.15, 0.2) is 0 Å². The van der Waals surface area contributed by atoms with Gasteiger partial charge in [-0.1, -0.05) is 35.9 Å². The number of allylic oxidation sites excluding steroid dienone is 1. The van der Waals surface area contributed by atoms with E-state index in [0.29, 0.717) is 0 Å². The van der Waals surface area contributed by atoms with Gasteiger partial charge in [0.25, 0.3) is 0 Å². The summed E-state index contributed by atoms with van der Waals surface area (Å²) < 4.78 is 0. The van der Waals surface area contributed by atoms with Gasteiger partial charge in [0.05, 0.1) is 0 Å². The van der Waals surface area contributed by atoms with Crippen LogP contribution in [0.25, 0.3) is 0 Å². The SMILES string of the molecule is C/C=C/CCNCc1cc(C)ccc1C. The first-order chi connectivity index (χ1) is 7.24. The number of rotatable bonds is 5. The van der Waals surface area contributed by atoms with Gasteiger partial charge in [0.1, 0.15) is 0 Å². The van der Waals surface area contributed by atoms with Crippen LogP contribution < -0.4 is 5.32 Å². The van der Waals surface area contributed by atoms with Crippen LogP contribution in [0.3, 0.4) is 0 Å². The molecule has 0 amide bonds. The van der Waals surface area contributed by atoms with Crippen molar-refractivity contribution in [3.63, 3.8) is 0 Å². The van der Waals surface area contributed by atoms with Crippen molar-refractivity contribution in [1.29, 1.82) is 0 Å². The summed E-state index contributed by atoms with van der Waals surface area (Å²) in [7, 11) is 0. The summed E-state index contributed by atoms with van der Waals surface area (Å²) in [5.41, 5.74) is 4.13. The summed E-state index contributed by atoms with van der Waals surface area (Å²) in [6, 6.07) is 6.62. The molecule has 15 heavy (non-hydrogen) atoms. The van der Waals surface area contributed by atoms with Gasteiger partial charge in [-0.05, 0) is 44.9 Å². The summed E-state index contributed by atoms with van der Waals surface area (Å²) in [5, 5.41) is 3.45. The minimum absolute atomic E-state index is 0.977. The zero-order valence-electron chi connectivity index (χ0n) is 10.0. The third-order valence-corrected chi connectivity index (χ3v) is 2.54. The summed E-state index contributed by atoms with van der Waals surface area (Å²) in [6.45, 7) is 8.40. The Kier molecular flexibility index (Phi) is 5.13. The topological polar surface area (TPSA) is 12.0 Å². The molecule has 0 radical (unpaired) electrons. The fraction of sp³-hybridized carbons (Fsp3) is 0.429. The van der Waals surface area contributed by atoms with Gasteiger partial charge in [-0.3, -0.25) is 0 Å². The Labute approximate surface area is 93.2 Å². The lowest BCUT2D eigenvalue weighted by Crippen LogP contribution is -2.14. The summed E-state index contributed by atoms with van der Waals surface area (Å²) in [6.07, 6.45) is 5.40. The molecule has 0 aromatic heterocycles. The normalized spacial score (nSPS) is 11.1. The van der Waals surface area contributed by atoms with E-state index >= 15 is 0 Å². The minimum atomic E-state index is 0.977. The van der Waals surface area contributed by atoms with Crippen molar-refractivity contribution >= 4 is 0 Å². The molecule has 1 N–H and O–H groups in total. The van der Waals surface area contributed by atoms with Gasteiger partial charge in [-0.25, -0.2) is 0 Å². The molecule has 0 aliphatic heterocycles. The van der Waals surface area contributed by atoms with Crippen LogP contribution >= 0.6 is 0 Å². The smallest absolute Gasteiger partial charge is 0.0208 e. The van der Waals surface area contributed by atoms with Gasteiger partial charge in [-0.2, -0.15) is 0 Å². The molecule has 0 atom stereocenters. The van der Waals surface area contributed by atoms with Crippen molar-refractivity contribution in [1.82, 2.24) is 5.32 Å². The molecule has 1 heteroatoms. The molecule has 0 saturated heterocycles. The molecule has 1 nitrogen and oxygen atoms in total. The summed E-state index contributed by atoms with van der Waals surface area (Å²) in [4.78, 5) is 0. The zero-order chi connectivity index (χ0) is 11.1. The first-order valence-corrected chi connectivity index (χ1v) is 5.62. The van der Waals surface area contributed by atoms with Crippen LogP contribution in [0.15, 0.2) is 30.4 Å². The Morgan fingerprint density at radius 2 is 2.07 bits per heavy atom. The Morgan fingerprint density at radius 3 is 2.80 bits per heavy atom. The predicted molar refractivity (Wildman–Crippen MR) is 67.1 cm³/mol. The molecule has 0 heterocycles. The zero-order valence-corrected chi connectivity index (χ0v) is 10.0. The van der Waals surface area contributed by atoms with Gasteiger partial charge in [-0.15, -0.1) is 0 Å².